The van der Waals surface area contributed by atoms with Crippen molar-refractivity contribution in [2.24, 2.45) is 0 Å². The quantitative estimate of drug-likeness (QED) is 0.768. The van der Waals surface area contributed by atoms with E-state index in [-0.39, 0.29) is 11.4 Å². The van der Waals surface area contributed by atoms with Crippen LogP contribution in [-0.4, -0.2) is 19.6 Å². The molecule has 0 aliphatic carbocycles. The fraction of sp³-hybridized carbons (Fsp3) is 0.286. The smallest absolute Gasteiger partial charge is 0.348 e. The molecule has 3 rings (SSSR count). The lowest BCUT2D eigenvalue weighted by molar-refractivity contribution is 0.0455. The number of allylic oxidation sites excluding steroid dienone is 1. The highest BCUT2D eigenvalue weighted by Gasteiger charge is 2.37. The van der Waals surface area contributed by atoms with Crippen LogP contribution >= 0.6 is 0 Å². The maximum atomic E-state index is 12.7. The van der Waals surface area contributed by atoms with Crippen molar-refractivity contribution in [2.75, 3.05) is 23.6 Å². The molecule has 2 aromatic carbocycles. The first-order chi connectivity index (χ1) is 11.9. The molecular weight excluding hydrogens is 312 g/mol. The number of para-hydroxylation sites is 1. The summed E-state index contributed by atoms with van der Waals surface area (Å²) in [6.07, 6.45) is 0. The minimum absolute atomic E-state index is 0.204. The van der Waals surface area contributed by atoms with E-state index in [0.717, 1.165) is 22.6 Å². The van der Waals surface area contributed by atoms with Crippen molar-refractivity contribution in [2.45, 2.75) is 26.2 Å². The summed E-state index contributed by atoms with van der Waals surface area (Å²) in [4.78, 5) is 20.3. The van der Waals surface area contributed by atoms with Crippen LogP contribution in [-0.2, 0) is 10.3 Å². The molecule has 0 atom stereocenters. The molecule has 0 amide bonds. The monoisotopic (exact) mass is 336 g/mol. The zero-order valence-electron chi connectivity index (χ0n) is 15.2. The van der Waals surface area contributed by atoms with Gasteiger partial charge in [-0.25, -0.2) is 9.86 Å². The lowest BCUT2D eigenvalue weighted by atomic mass is 9.84. The number of fused-ring (bicyclic) bond motifs is 1. The second kappa shape index (κ2) is 6.28. The summed E-state index contributed by atoms with van der Waals surface area (Å²) in [7, 11) is 2.00. The SMILES string of the molecule is C=C1N(C)c2ccc(C(=O)ON(CC)c3ccccc3)cc2C1(C)C. The van der Waals surface area contributed by atoms with Crippen LogP contribution in [0.2, 0.25) is 0 Å². The summed E-state index contributed by atoms with van der Waals surface area (Å²) < 4.78 is 0. The zero-order chi connectivity index (χ0) is 18.2. The summed E-state index contributed by atoms with van der Waals surface area (Å²) in [5.41, 5.74) is 4.40. The Morgan fingerprint density at radius 3 is 2.52 bits per heavy atom. The fourth-order valence-corrected chi connectivity index (χ4v) is 3.22. The lowest BCUT2D eigenvalue weighted by Gasteiger charge is -2.23. The van der Waals surface area contributed by atoms with E-state index < -0.39 is 0 Å². The van der Waals surface area contributed by atoms with Gasteiger partial charge in [0.05, 0.1) is 17.8 Å². The Kier molecular flexibility index (Phi) is 4.29. The molecule has 1 aliphatic heterocycles. The van der Waals surface area contributed by atoms with Crippen molar-refractivity contribution in [3.05, 3.63) is 71.9 Å². The standard InChI is InChI=1S/C21H24N2O2/c1-6-23(17-10-8-7-9-11-17)25-20(24)16-12-13-19-18(14-16)21(3,4)15(2)22(19)5/h7-14H,2,6H2,1,3-5H3. The van der Waals surface area contributed by atoms with Gasteiger partial charge in [-0.3, -0.25) is 0 Å². The van der Waals surface area contributed by atoms with Gasteiger partial charge in [-0.2, -0.15) is 0 Å². The Labute approximate surface area is 149 Å². The van der Waals surface area contributed by atoms with Crippen LogP contribution in [0.3, 0.4) is 0 Å². The number of hydroxylamine groups is 1. The second-order valence-electron chi connectivity index (χ2n) is 6.77. The van der Waals surface area contributed by atoms with E-state index in [2.05, 4.69) is 25.3 Å². The number of rotatable bonds is 4. The molecule has 1 heterocycles. The Bertz CT molecular complexity index is 812. The van der Waals surface area contributed by atoms with Gasteiger partial charge < -0.3 is 9.74 Å². The van der Waals surface area contributed by atoms with Crippen LogP contribution in [0.25, 0.3) is 0 Å². The van der Waals surface area contributed by atoms with Gasteiger partial charge in [0.1, 0.15) is 0 Å². The van der Waals surface area contributed by atoms with Gasteiger partial charge in [-0.15, -0.1) is 0 Å². The third-order valence-electron chi connectivity index (χ3n) is 4.92. The lowest BCUT2D eigenvalue weighted by Crippen LogP contribution is -2.27. The predicted octanol–water partition coefficient (Wildman–Crippen LogP) is 4.53. The molecule has 2 aromatic rings. The molecule has 0 spiro atoms. The van der Waals surface area contributed by atoms with Gasteiger partial charge in [0, 0.05) is 23.8 Å². The summed E-state index contributed by atoms with van der Waals surface area (Å²) in [5.74, 6) is -0.357. The third kappa shape index (κ3) is 2.88. The number of likely N-dealkylation sites (N-methyl/N-ethyl adjacent to an activating group) is 1. The third-order valence-corrected chi connectivity index (χ3v) is 4.92. The van der Waals surface area contributed by atoms with E-state index in [1.54, 1.807) is 5.06 Å². The van der Waals surface area contributed by atoms with Gasteiger partial charge in [0.25, 0.3) is 0 Å². The highest BCUT2D eigenvalue weighted by atomic mass is 16.7. The molecule has 0 fully saturated rings. The largest absolute Gasteiger partial charge is 0.363 e. The molecule has 0 saturated heterocycles. The van der Waals surface area contributed by atoms with Crippen LogP contribution in [0.15, 0.2) is 60.8 Å². The van der Waals surface area contributed by atoms with Gasteiger partial charge in [-0.1, -0.05) is 38.6 Å². The predicted molar refractivity (Wildman–Crippen MR) is 102 cm³/mol. The average Bonchev–Trinajstić information content (AvgIpc) is 2.80. The summed E-state index contributed by atoms with van der Waals surface area (Å²) in [6.45, 7) is 10.9. The van der Waals surface area contributed by atoms with E-state index >= 15 is 0 Å². The summed E-state index contributed by atoms with van der Waals surface area (Å²) >= 11 is 0. The molecule has 0 saturated carbocycles. The first-order valence-corrected chi connectivity index (χ1v) is 8.48. The molecule has 0 bridgehead atoms. The number of carbonyl (C=O) groups excluding carboxylic acids is 1. The highest BCUT2D eigenvalue weighted by Crippen LogP contribution is 2.46. The van der Waals surface area contributed by atoms with Crippen molar-refractivity contribution < 1.29 is 9.63 Å². The minimum Gasteiger partial charge on any atom is -0.348 e. The topological polar surface area (TPSA) is 32.8 Å². The van der Waals surface area contributed by atoms with Gasteiger partial charge in [0.15, 0.2) is 0 Å². The molecule has 0 N–H and O–H groups in total. The van der Waals surface area contributed by atoms with E-state index in [1.807, 2.05) is 62.5 Å². The van der Waals surface area contributed by atoms with Crippen molar-refractivity contribution in [1.82, 2.24) is 0 Å². The zero-order valence-corrected chi connectivity index (χ0v) is 15.2. The first kappa shape index (κ1) is 17.1. The van der Waals surface area contributed by atoms with Crippen LogP contribution in [0, 0.1) is 0 Å². The molecule has 4 heteroatoms. The second-order valence-corrected chi connectivity index (χ2v) is 6.77. The van der Waals surface area contributed by atoms with Gasteiger partial charge in [0.2, 0.25) is 0 Å². The summed E-state index contributed by atoms with van der Waals surface area (Å²) in [5, 5.41) is 1.60. The number of hydrogen-bond acceptors (Lipinski definition) is 4. The molecule has 130 valence electrons. The molecule has 0 radical (unpaired) electrons. The van der Waals surface area contributed by atoms with Crippen LogP contribution in [0.5, 0.6) is 0 Å². The number of carbonyl (C=O) groups is 1. The fourth-order valence-electron chi connectivity index (χ4n) is 3.22. The molecular formula is C21H24N2O2. The van der Waals surface area contributed by atoms with Crippen molar-refractivity contribution in [3.8, 4) is 0 Å². The Morgan fingerprint density at radius 1 is 1.20 bits per heavy atom. The van der Waals surface area contributed by atoms with Crippen LogP contribution < -0.4 is 9.96 Å². The van der Waals surface area contributed by atoms with Crippen LogP contribution in [0.1, 0.15) is 36.7 Å². The van der Waals surface area contributed by atoms with Crippen molar-refractivity contribution in [3.63, 3.8) is 0 Å². The average molecular weight is 336 g/mol. The minimum atomic E-state index is -0.357. The molecule has 0 aromatic heterocycles. The first-order valence-electron chi connectivity index (χ1n) is 8.48. The number of nitrogens with zero attached hydrogens (tertiary/aromatic N) is 2. The summed E-state index contributed by atoms with van der Waals surface area (Å²) in [6, 6.07) is 15.3. The molecule has 25 heavy (non-hydrogen) atoms. The number of benzene rings is 2. The maximum Gasteiger partial charge on any atom is 0.363 e. The van der Waals surface area contributed by atoms with Crippen molar-refractivity contribution >= 4 is 17.3 Å². The highest BCUT2D eigenvalue weighted by molar-refractivity contribution is 5.91. The Hall–Kier alpha value is -2.75. The van der Waals surface area contributed by atoms with Crippen LogP contribution in [0.4, 0.5) is 11.4 Å². The molecule has 1 aliphatic rings. The number of hydrogen-bond donors (Lipinski definition) is 0. The van der Waals surface area contributed by atoms with E-state index in [0.29, 0.717) is 12.1 Å². The normalized spacial score (nSPS) is 15.0. The molecule has 4 nitrogen and oxygen atoms in total. The number of anilines is 2. The Morgan fingerprint density at radius 2 is 1.88 bits per heavy atom. The van der Waals surface area contributed by atoms with E-state index in [9.17, 15) is 4.79 Å². The van der Waals surface area contributed by atoms with Gasteiger partial charge in [-0.05, 0) is 42.8 Å². The Balaban J connectivity index is 1.87. The maximum absolute atomic E-state index is 12.7. The van der Waals surface area contributed by atoms with Crippen molar-refractivity contribution in [1.29, 1.82) is 0 Å². The van der Waals surface area contributed by atoms with Gasteiger partial charge >= 0.3 is 5.97 Å². The molecule has 0 unspecified atom stereocenters. The van der Waals surface area contributed by atoms with E-state index in [4.69, 9.17) is 4.84 Å². The van der Waals surface area contributed by atoms with E-state index in [1.165, 1.54) is 0 Å².